The third-order valence-corrected chi connectivity index (χ3v) is 6.05. The minimum Gasteiger partial charge on any atom is -0.480 e. The summed E-state index contributed by atoms with van der Waals surface area (Å²) in [5, 5.41) is 17.2. The van der Waals surface area contributed by atoms with Gasteiger partial charge < -0.3 is 26.8 Å². The highest BCUT2D eigenvalue weighted by Crippen LogP contribution is 2.09. The smallest absolute Gasteiger partial charge is 0.327 e. The Kier molecular flexibility index (Phi) is 12.1. The Morgan fingerprint density at radius 1 is 0.757 bits per heavy atom. The first-order valence-corrected chi connectivity index (χ1v) is 12.8. The predicted octanol–water partition coefficient (Wildman–Crippen LogP) is 1.31. The van der Waals surface area contributed by atoms with Crippen molar-refractivity contribution < 1.29 is 24.3 Å². The van der Waals surface area contributed by atoms with E-state index in [-0.39, 0.29) is 18.1 Å². The SMILES string of the molecule is CC(C)CC(NC(=O)C(N)Cc1ccccc1)C(=O)NC(Cc1ccccc1)C(=O)NC(CS)C(=O)O. The fraction of sp³-hybridized carbons (Fsp3) is 0.407. The highest BCUT2D eigenvalue weighted by atomic mass is 32.1. The maximum Gasteiger partial charge on any atom is 0.327 e. The van der Waals surface area contributed by atoms with Gasteiger partial charge in [-0.05, 0) is 29.9 Å². The Hall–Kier alpha value is -3.37. The lowest BCUT2D eigenvalue weighted by atomic mass is 10.00. The van der Waals surface area contributed by atoms with E-state index in [4.69, 9.17) is 5.73 Å². The average Bonchev–Trinajstić information content (AvgIpc) is 2.86. The van der Waals surface area contributed by atoms with Crippen molar-refractivity contribution in [2.75, 3.05) is 5.75 Å². The van der Waals surface area contributed by atoms with Crippen LogP contribution in [0.4, 0.5) is 0 Å². The zero-order valence-electron chi connectivity index (χ0n) is 21.1. The van der Waals surface area contributed by atoms with E-state index in [1.54, 1.807) is 24.3 Å². The topological polar surface area (TPSA) is 151 Å². The fourth-order valence-corrected chi connectivity index (χ4v) is 3.98. The van der Waals surface area contributed by atoms with Gasteiger partial charge in [-0.1, -0.05) is 74.5 Å². The van der Waals surface area contributed by atoms with Gasteiger partial charge in [-0.25, -0.2) is 4.79 Å². The second kappa shape index (κ2) is 15.0. The monoisotopic (exact) mass is 528 g/mol. The van der Waals surface area contributed by atoms with Gasteiger partial charge in [-0.15, -0.1) is 0 Å². The van der Waals surface area contributed by atoms with E-state index in [0.717, 1.165) is 11.1 Å². The van der Waals surface area contributed by atoms with Crippen LogP contribution in [0.1, 0.15) is 31.4 Å². The molecule has 0 aliphatic rings. The van der Waals surface area contributed by atoms with Crippen molar-refractivity contribution in [3.05, 3.63) is 71.8 Å². The molecule has 0 saturated heterocycles. The molecule has 0 spiro atoms. The molecular formula is C27H36N4O5S. The van der Waals surface area contributed by atoms with Crippen molar-refractivity contribution in [3.8, 4) is 0 Å². The summed E-state index contributed by atoms with van der Waals surface area (Å²) in [6.45, 7) is 3.82. The van der Waals surface area contributed by atoms with E-state index in [2.05, 4.69) is 28.6 Å². The first kappa shape index (κ1) is 29.9. The Bertz CT molecular complexity index is 1040. The van der Waals surface area contributed by atoms with Gasteiger partial charge in [0.05, 0.1) is 6.04 Å². The van der Waals surface area contributed by atoms with Gasteiger partial charge in [0, 0.05) is 12.2 Å². The maximum absolute atomic E-state index is 13.3. The number of hydrogen-bond donors (Lipinski definition) is 6. The standard InChI is InChI=1S/C27H36N4O5S/c1-17(2)13-21(29-24(32)20(28)14-18-9-5-3-6-10-18)25(33)30-22(15-19-11-7-4-8-12-19)26(34)31-23(16-37)27(35)36/h3-12,17,20-23,37H,13-16,28H2,1-2H3,(H,29,32)(H,30,33)(H,31,34)(H,35,36). The number of nitrogens with two attached hydrogens (primary N) is 1. The summed E-state index contributed by atoms with van der Waals surface area (Å²) in [5.41, 5.74) is 7.78. The molecule has 37 heavy (non-hydrogen) atoms. The van der Waals surface area contributed by atoms with Crippen LogP contribution in [0.2, 0.25) is 0 Å². The molecule has 0 aliphatic heterocycles. The summed E-state index contributed by atoms with van der Waals surface area (Å²) in [4.78, 5) is 50.6. The van der Waals surface area contributed by atoms with Crippen molar-refractivity contribution in [2.24, 2.45) is 11.7 Å². The van der Waals surface area contributed by atoms with E-state index >= 15 is 0 Å². The molecule has 0 heterocycles. The third kappa shape index (κ3) is 10.3. The van der Waals surface area contributed by atoms with E-state index in [9.17, 15) is 24.3 Å². The van der Waals surface area contributed by atoms with E-state index in [0.29, 0.717) is 12.8 Å². The van der Waals surface area contributed by atoms with Gasteiger partial charge in [0.15, 0.2) is 0 Å². The Morgan fingerprint density at radius 3 is 1.70 bits per heavy atom. The van der Waals surface area contributed by atoms with Crippen LogP contribution in [0.15, 0.2) is 60.7 Å². The van der Waals surface area contributed by atoms with Crippen LogP contribution < -0.4 is 21.7 Å². The molecule has 2 rings (SSSR count). The van der Waals surface area contributed by atoms with Crippen molar-refractivity contribution in [1.29, 1.82) is 0 Å². The first-order valence-electron chi connectivity index (χ1n) is 12.2. The Balaban J connectivity index is 2.17. The largest absolute Gasteiger partial charge is 0.480 e. The first-order chi connectivity index (χ1) is 17.6. The van der Waals surface area contributed by atoms with Gasteiger partial charge in [-0.3, -0.25) is 14.4 Å². The predicted molar refractivity (Wildman–Crippen MR) is 145 cm³/mol. The second-order valence-corrected chi connectivity index (χ2v) is 9.68. The Labute approximate surface area is 223 Å². The lowest BCUT2D eigenvalue weighted by Crippen LogP contribution is -2.58. The van der Waals surface area contributed by atoms with Crippen LogP contribution in [0.5, 0.6) is 0 Å². The van der Waals surface area contributed by atoms with Crippen LogP contribution in [-0.4, -0.2) is 58.7 Å². The number of aliphatic carboxylic acids is 1. The van der Waals surface area contributed by atoms with Gasteiger partial charge in [0.25, 0.3) is 0 Å². The number of amides is 3. The van der Waals surface area contributed by atoms with Crippen molar-refractivity contribution >= 4 is 36.3 Å². The molecule has 2 aromatic rings. The minimum absolute atomic E-state index is 0.0587. The van der Waals surface area contributed by atoms with E-state index in [1.807, 2.05) is 50.2 Å². The molecule has 0 aliphatic carbocycles. The summed E-state index contributed by atoms with van der Waals surface area (Å²) >= 11 is 3.99. The minimum atomic E-state index is -1.23. The van der Waals surface area contributed by atoms with Crippen molar-refractivity contribution in [3.63, 3.8) is 0 Å². The van der Waals surface area contributed by atoms with E-state index < -0.39 is 47.9 Å². The zero-order chi connectivity index (χ0) is 27.4. The van der Waals surface area contributed by atoms with Crippen LogP contribution in [0.3, 0.4) is 0 Å². The average molecular weight is 529 g/mol. The molecule has 4 unspecified atom stereocenters. The molecule has 6 N–H and O–H groups in total. The molecule has 0 fully saturated rings. The number of hydrogen-bond acceptors (Lipinski definition) is 6. The lowest BCUT2D eigenvalue weighted by Gasteiger charge is -2.26. The third-order valence-electron chi connectivity index (χ3n) is 5.69. The molecular weight excluding hydrogens is 492 g/mol. The number of carbonyl (C=O) groups is 4. The number of rotatable bonds is 14. The number of nitrogens with one attached hydrogen (secondary N) is 3. The number of carboxylic acid groups (broad SMARTS) is 1. The summed E-state index contributed by atoms with van der Waals surface area (Å²) in [7, 11) is 0. The molecule has 9 nitrogen and oxygen atoms in total. The molecule has 3 amide bonds. The molecule has 2 aromatic carbocycles. The summed E-state index contributed by atoms with van der Waals surface area (Å²) in [5.74, 6) is -2.97. The molecule has 0 radical (unpaired) electrons. The summed E-state index contributed by atoms with van der Waals surface area (Å²) < 4.78 is 0. The van der Waals surface area contributed by atoms with E-state index in [1.165, 1.54) is 0 Å². The van der Waals surface area contributed by atoms with Gasteiger partial charge >= 0.3 is 5.97 Å². The quantitative estimate of drug-likeness (QED) is 0.204. The van der Waals surface area contributed by atoms with Gasteiger partial charge in [-0.2, -0.15) is 12.6 Å². The molecule has 0 aromatic heterocycles. The summed E-state index contributed by atoms with van der Waals surface area (Å²) in [6.07, 6.45) is 0.763. The van der Waals surface area contributed by atoms with Crippen molar-refractivity contribution in [1.82, 2.24) is 16.0 Å². The normalized spacial score (nSPS) is 14.2. The number of carboxylic acids is 1. The number of thiol groups is 1. The van der Waals surface area contributed by atoms with Gasteiger partial charge in [0.1, 0.15) is 18.1 Å². The number of benzene rings is 2. The molecule has 0 bridgehead atoms. The fourth-order valence-electron chi connectivity index (χ4n) is 3.73. The molecule has 0 saturated carbocycles. The molecule has 4 atom stereocenters. The second-order valence-electron chi connectivity index (χ2n) is 9.32. The highest BCUT2D eigenvalue weighted by molar-refractivity contribution is 7.80. The van der Waals surface area contributed by atoms with Gasteiger partial charge in [0.2, 0.25) is 17.7 Å². The highest BCUT2D eigenvalue weighted by Gasteiger charge is 2.30. The zero-order valence-corrected chi connectivity index (χ0v) is 22.0. The number of carbonyl (C=O) groups excluding carboxylic acids is 3. The molecule has 200 valence electrons. The van der Waals surface area contributed by atoms with Crippen molar-refractivity contribution in [2.45, 2.75) is 57.3 Å². The lowest BCUT2D eigenvalue weighted by molar-refractivity contribution is -0.141. The van der Waals surface area contributed by atoms with Crippen LogP contribution in [-0.2, 0) is 32.0 Å². The Morgan fingerprint density at radius 2 is 1.22 bits per heavy atom. The van der Waals surface area contributed by atoms with Crippen LogP contribution in [0, 0.1) is 5.92 Å². The molecule has 10 heteroatoms. The summed E-state index contributed by atoms with van der Waals surface area (Å²) in [6, 6.07) is 14.3. The van der Waals surface area contributed by atoms with Crippen LogP contribution in [0.25, 0.3) is 0 Å². The van der Waals surface area contributed by atoms with Crippen LogP contribution >= 0.6 is 12.6 Å². The maximum atomic E-state index is 13.3.